The predicted octanol–water partition coefficient (Wildman–Crippen LogP) is 21.2. The Kier molecular flexibility index (Phi) is 10.2. The Morgan fingerprint density at radius 2 is 0.645 bits per heavy atom. The van der Waals surface area contributed by atoms with Gasteiger partial charge in [0.15, 0.2) is 5.58 Å². The summed E-state index contributed by atoms with van der Waals surface area (Å²) in [6, 6.07) is 104. The van der Waals surface area contributed by atoms with Crippen LogP contribution in [0.4, 0.5) is 17.1 Å². The molecule has 0 fully saturated rings. The van der Waals surface area contributed by atoms with Gasteiger partial charge < -0.3 is 9.32 Å². The van der Waals surface area contributed by atoms with Crippen molar-refractivity contribution in [1.29, 1.82) is 0 Å². The molecule has 0 aliphatic heterocycles. The third-order valence-corrected chi connectivity index (χ3v) is 15.6. The van der Waals surface area contributed by atoms with Crippen LogP contribution in [0.3, 0.4) is 0 Å². The molecule has 76 heavy (non-hydrogen) atoms. The highest BCUT2D eigenvalue weighted by Crippen LogP contribution is 2.47. The second-order valence-electron chi connectivity index (χ2n) is 20.0. The lowest BCUT2D eigenvalue weighted by molar-refractivity contribution is 0.670. The molecule has 1 heterocycles. The molecule has 0 saturated heterocycles. The van der Waals surface area contributed by atoms with Gasteiger partial charge in [-0.25, -0.2) is 0 Å². The molecule has 0 saturated carbocycles. The molecule has 14 aromatic carbocycles. The maximum absolute atomic E-state index is 7.26. The van der Waals surface area contributed by atoms with E-state index in [-0.39, 0.29) is 0 Å². The molecular weight excluding hydrogens is 919 g/mol. The predicted molar refractivity (Wildman–Crippen MR) is 323 cm³/mol. The molecule has 0 radical (unpaired) electrons. The molecule has 0 aliphatic carbocycles. The summed E-state index contributed by atoms with van der Waals surface area (Å²) < 4.78 is 7.26. The van der Waals surface area contributed by atoms with Gasteiger partial charge in [-0.05, 0) is 165 Å². The summed E-state index contributed by atoms with van der Waals surface area (Å²) in [5, 5.41) is 14.4. The van der Waals surface area contributed by atoms with Crippen LogP contribution in [0.5, 0.6) is 0 Å². The Balaban J connectivity index is 0.846. The fourth-order valence-corrected chi connectivity index (χ4v) is 11.8. The molecule has 0 amide bonds. The van der Waals surface area contributed by atoms with Crippen molar-refractivity contribution in [2.45, 2.75) is 0 Å². The summed E-state index contributed by atoms with van der Waals surface area (Å²) in [4.78, 5) is 2.36. The number of fused-ring (bicyclic) bond motifs is 9. The first-order valence-corrected chi connectivity index (χ1v) is 26.1. The average molecular weight is 966 g/mol. The first kappa shape index (κ1) is 43.6. The number of hydrogen-bond donors (Lipinski definition) is 0. The third-order valence-electron chi connectivity index (χ3n) is 15.6. The van der Waals surface area contributed by atoms with Crippen LogP contribution in [-0.2, 0) is 0 Å². The molecule has 15 aromatic rings. The van der Waals surface area contributed by atoms with Gasteiger partial charge in [0, 0.05) is 27.7 Å². The topological polar surface area (TPSA) is 16.4 Å². The summed E-state index contributed by atoms with van der Waals surface area (Å²) >= 11 is 0. The zero-order valence-electron chi connectivity index (χ0n) is 41.5. The molecule has 0 unspecified atom stereocenters. The fourth-order valence-electron chi connectivity index (χ4n) is 11.8. The molecule has 2 heteroatoms. The number of furan rings is 1. The van der Waals surface area contributed by atoms with Gasteiger partial charge in [-0.1, -0.05) is 224 Å². The summed E-state index contributed by atoms with van der Waals surface area (Å²) in [7, 11) is 0. The Hall–Kier alpha value is -10.0. The number of benzene rings is 14. The zero-order valence-corrected chi connectivity index (χ0v) is 41.5. The van der Waals surface area contributed by atoms with Gasteiger partial charge in [-0.2, -0.15) is 0 Å². The van der Waals surface area contributed by atoms with Gasteiger partial charge >= 0.3 is 0 Å². The zero-order chi connectivity index (χ0) is 50.1. The van der Waals surface area contributed by atoms with Crippen molar-refractivity contribution in [3.8, 4) is 55.6 Å². The van der Waals surface area contributed by atoms with Gasteiger partial charge in [0.1, 0.15) is 5.58 Å². The highest BCUT2D eigenvalue weighted by molar-refractivity contribution is 6.24. The molecule has 0 atom stereocenters. The van der Waals surface area contributed by atoms with E-state index in [1.807, 2.05) is 0 Å². The second kappa shape index (κ2) is 17.9. The Bertz CT molecular complexity index is 4740. The van der Waals surface area contributed by atoms with Crippen LogP contribution >= 0.6 is 0 Å². The van der Waals surface area contributed by atoms with Gasteiger partial charge in [-0.15, -0.1) is 0 Å². The standard InChI is InChI=1S/C74H47NO/c1-2-15-51(16-3-1)70-47-60-19-8-9-20-66(60)72-69-25-12-26-71(73(69)76-74(70)72)75(62-39-35-50(36-40-62)55-30-31-58-45-59(33-32-57(58)44-55)56-29-27-48-13-4-6-17-53(48)43-56)63-41-37-52(38-42-63)64-21-10-24-68-65(22-11-23-67(64)68)61-34-28-49-14-5-7-18-54(49)46-61/h1-47H. The minimum absolute atomic E-state index is 0.840. The van der Waals surface area contributed by atoms with Crippen molar-refractivity contribution in [2.75, 3.05) is 4.90 Å². The summed E-state index contributed by atoms with van der Waals surface area (Å²) in [5.74, 6) is 0. The lowest BCUT2D eigenvalue weighted by Gasteiger charge is -2.26. The maximum atomic E-state index is 7.26. The van der Waals surface area contributed by atoms with E-state index in [4.69, 9.17) is 4.42 Å². The number of anilines is 3. The number of rotatable bonds is 8. The van der Waals surface area contributed by atoms with Crippen LogP contribution in [0.2, 0.25) is 0 Å². The minimum atomic E-state index is 0.840. The van der Waals surface area contributed by atoms with Gasteiger partial charge in [0.25, 0.3) is 0 Å². The summed E-state index contributed by atoms with van der Waals surface area (Å²) in [6.07, 6.45) is 0. The van der Waals surface area contributed by atoms with Gasteiger partial charge in [-0.3, -0.25) is 0 Å². The quantitative estimate of drug-likeness (QED) is 0.151. The smallest absolute Gasteiger partial charge is 0.159 e. The van der Waals surface area contributed by atoms with Crippen molar-refractivity contribution in [3.05, 3.63) is 285 Å². The normalized spacial score (nSPS) is 11.7. The molecule has 0 aliphatic rings. The molecule has 2 nitrogen and oxygen atoms in total. The van der Waals surface area contributed by atoms with Crippen LogP contribution in [0.25, 0.3) is 131 Å². The monoisotopic (exact) mass is 965 g/mol. The molecule has 0 N–H and O–H groups in total. The SMILES string of the molecule is c1ccc(-c2cc3ccccc3c3c2oc2c(N(c4ccc(-c5ccc6cc(-c7ccc8ccccc8c7)ccc6c5)cc4)c4ccc(-c5cccc6c(-c7ccc8ccccc8c7)cccc56)cc4)cccc23)cc1. The second-order valence-corrected chi connectivity index (χ2v) is 20.0. The van der Waals surface area contributed by atoms with E-state index in [0.29, 0.717) is 0 Å². The Morgan fingerprint density at radius 1 is 0.224 bits per heavy atom. The van der Waals surface area contributed by atoms with E-state index in [9.17, 15) is 0 Å². The van der Waals surface area contributed by atoms with Crippen LogP contribution in [0, 0.1) is 0 Å². The van der Waals surface area contributed by atoms with Crippen LogP contribution < -0.4 is 4.90 Å². The van der Waals surface area contributed by atoms with Crippen molar-refractivity contribution < 1.29 is 4.42 Å². The van der Waals surface area contributed by atoms with E-state index in [2.05, 4.69) is 290 Å². The Labute approximate surface area is 440 Å². The number of para-hydroxylation sites is 1. The number of hydrogen-bond acceptors (Lipinski definition) is 2. The molecule has 15 rings (SSSR count). The van der Waals surface area contributed by atoms with E-state index in [1.165, 1.54) is 87.2 Å². The molecule has 354 valence electrons. The summed E-state index contributed by atoms with van der Waals surface area (Å²) in [5.41, 5.74) is 16.5. The van der Waals surface area contributed by atoms with Crippen molar-refractivity contribution >= 4 is 92.9 Å². The number of nitrogens with zero attached hydrogens (tertiary/aromatic N) is 1. The lowest BCUT2D eigenvalue weighted by atomic mass is 9.92. The maximum Gasteiger partial charge on any atom is 0.159 e. The third kappa shape index (κ3) is 7.42. The van der Waals surface area contributed by atoms with Crippen molar-refractivity contribution in [2.24, 2.45) is 0 Å². The molecule has 1 aromatic heterocycles. The van der Waals surface area contributed by atoms with Crippen LogP contribution in [0.15, 0.2) is 290 Å². The highest BCUT2D eigenvalue weighted by atomic mass is 16.3. The minimum Gasteiger partial charge on any atom is -0.453 e. The summed E-state index contributed by atoms with van der Waals surface area (Å²) in [6.45, 7) is 0. The van der Waals surface area contributed by atoms with E-state index >= 15 is 0 Å². The largest absolute Gasteiger partial charge is 0.453 e. The lowest BCUT2D eigenvalue weighted by Crippen LogP contribution is -2.10. The first-order valence-electron chi connectivity index (χ1n) is 26.1. The van der Waals surface area contributed by atoms with Gasteiger partial charge in [0.05, 0.1) is 5.69 Å². The van der Waals surface area contributed by atoms with E-state index in [0.717, 1.165) is 61.3 Å². The van der Waals surface area contributed by atoms with Crippen LogP contribution in [-0.4, -0.2) is 0 Å². The highest BCUT2D eigenvalue weighted by Gasteiger charge is 2.23. The van der Waals surface area contributed by atoms with Crippen molar-refractivity contribution in [3.63, 3.8) is 0 Å². The van der Waals surface area contributed by atoms with E-state index < -0.39 is 0 Å². The Morgan fingerprint density at radius 3 is 1.28 bits per heavy atom. The fraction of sp³-hybridized carbons (Fsp3) is 0. The molecule has 0 spiro atoms. The molecule has 0 bridgehead atoms. The van der Waals surface area contributed by atoms with Crippen LogP contribution in [0.1, 0.15) is 0 Å². The molecular formula is C74H47NO. The average Bonchev–Trinajstić information content (AvgIpc) is 3.90. The first-order chi connectivity index (χ1) is 37.6. The van der Waals surface area contributed by atoms with E-state index in [1.54, 1.807) is 0 Å². The van der Waals surface area contributed by atoms with Gasteiger partial charge in [0.2, 0.25) is 0 Å². The van der Waals surface area contributed by atoms with Crippen molar-refractivity contribution in [1.82, 2.24) is 0 Å².